The van der Waals surface area contributed by atoms with Crippen molar-refractivity contribution in [3.05, 3.63) is 71.8 Å². The van der Waals surface area contributed by atoms with Crippen LogP contribution in [0.15, 0.2) is 60.7 Å². The molecule has 0 saturated heterocycles. The van der Waals surface area contributed by atoms with E-state index in [0.29, 0.717) is 6.10 Å². The van der Waals surface area contributed by atoms with E-state index < -0.39 is 5.41 Å². The fourth-order valence-corrected chi connectivity index (χ4v) is 4.14. The average Bonchev–Trinajstić information content (AvgIpc) is 2.73. The molecule has 0 spiro atoms. The standard InChI is InChI=1S/C23H29NO2/c1-23(18-10-6-4-7-11-18,19-12-8-5-9-13-19)22(25)24(2)20-14-16-21(26-3)17-15-20/h4-13,20-21H,14-17H2,1-3H3. The van der Waals surface area contributed by atoms with Gasteiger partial charge < -0.3 is 9.64 Å². The number of nitrogens with zero attached hydrogens (tertiary/aromatic N) is 1. The molecule has 1 fully saturated rings. The molecule has 0 heterocycles. The first-order valence-corrected chi connectivity index (χ1v) is 9.48. The van der Waals surface area contributed by atoms with Crippen LogP contribution >= 0.6 is 0 Å². The first kappa shape index (κ1) is 18.7. The number of methoxy groups -OCH3 is 1. The number of benzene rings is 2. The van der Waals surface area contributed by atoms with Gasteiger partial charge in [-0.05, 0) is 43.7 Å². The maximum Gasteiger partial charge on any atom is 0.237 e. The van der Waals surface area contributed by atoms with Crippen molar-refractivity contribution in [1.29, 1.82) is 0 Å². The van der Waals surface area contributed by atoms with Gasteiger partial charge in [-0.1, -0.05) is 60.7 Å². The molecule has 3 heteroatoms. The van der Waals surface area contributed by atoms with Crippen molar-refractivity contribution in [1.82, 2.24) is 4.90 Å². The molecule has 3 nitrogen and oxygen atoms in total. The Morgan fingerprint density at radius 1 is 0.923 bits per heavy atom. The Kier molecular flexibility index (Phi) is 5.77. The molecule has 1 aliphatic rings. The molecule has 2 aromatic carbocycles. The van der Waals surface area contributed by atoms with Gasteiger partial charge in [0, 0.05) is 20.2 Å². The number of ether oxygens (including phenoxy) is 1. The molecule has 0 N–H and O–H groups in total. The second-order valence-electron chi connectivity index (χ2n) is 7.44. The third-order valence-corrected chi connectivity index (χ3v) is 5.98. The zero-order valence-corrected chi connectivity index (χ0v) is 16.0. The highest BCUT2D eigenvalue weighted by molar-refractivity contribution is 5.91. The molecule has 0 atom stereocenters. The van der Waals surface area contributed by atoms with Crippen molar-refractivity contribution in [3.63, 3.8) is 0 Å². The summed E-state index contributed by atoms with van der Waals surface area (Å²) in [5, 5.41) is 0. The number of hydrogen-bond acceptors (Lipinski definition) is 2. The van der Waals surface area contributed by atoms with E-state index in [1.54, 1.807) is 7.11 Å². The lowest BCUT2D eigenvalue weighted by atomic mass is 9.74. The van der Waals surface area contributed by atoms with Gasteiger partial charge >= 0.3 is 0 Å². The smallest absolute Gasteiger partial charge is 0.237 e. The van der Waals surface area contributed by atoms with E-state index in [2.05, 4.69) is 31.2 Å². The van der Waals surface area contributed by atoms with Crippen LogP contribution in [0.25, 0.3) is 0 Å². The summed E-state index contributed by atoms with van der Waals surface area (Å²) in [5.41, 5.74) is 1.39. The molecular weight excluding hydrogens is 322 g/mol. The van der Waals surface area contributed by atoms with Crippen LogP contribution in [0.3, 0.4) is 0 Å². The molecule has 0 aliphatic heterocycles. The lowest BCUT2D eigenvalue weighted by Crippen LogP contribution is -2.49. The van der Waals surface area contributed by atoms with Crippen molar-refractivity contribution in [3.8, 4) is 0 Å². The van der Waals surface area contributed by atoms with Gasteiger partial charge in [0.25, 0.3) is 0 Å². The Labute approximate surface area is 157 Å². The first-order valence-electron chi connectivity index (χ1n) is 9.48. The van der Waals surface area contributed by atoms with Gasteiger partial charge in [0.2, 0.25) is 5.91 Å². The van der Waals surface area contributed by atoms with E-state index in [-0.39, 0.29) is 11.9 Å². The van der Waals surface area contributed by atoms with E-state index >= 15 is 0 Å². The van der Waals surface area contributed by atoms with Crippen LogP contribution in [-0.4, -0.2) is 37.1 Å². The summed E-state index contributed by atoms with van der Waals surface area (Å²) in [6.07, 6.45) is 4.38. The molecule has 0 unspecified atom stereocenters. The minimum Gasteiger partial charge on any atom is -0.381 e. The van der Waals surface area contributed by atoms with Crippen LogP contribution in [0.5, 0.6) is 0 Å². The minimum atomic E-state index is -0.685. The number of likely N-dealkylation sites (N-methyl/N-ethyl adjacent to an activating group) is 1. The molecule has 1 amide bonds. The highest BCUT2D eigenvalue weighted by atomic mass is 16.5. The largest absolute Gasteiger partial charge is 0.381 e. The molecule has 0 radical (unpaired) electrons. The van der Waals surface area contributed by atoms with E-state index in [9.17, 15) is 4.79 Å². The fraction of sp³-hybridized carbons (Fsp3) is 0.435. The Bertz CT molecular complexity index is 666. The van der Waals surface area contributed by atoms with Gasteiger partial charge in [0.05, 0.1) is 11.5 Å². The number of hydrogen-bond donors (Lipinski definition) is 0. The van der Waals surface area contributed by atoms with Crippen LogP contribution in [0.1, 0.15) is 43.7 Å². The van der Waals surface area contributed by atoms with E-state index in [1.807, 2.05) is 48.3 Å². The molecule has 2 aromatic rings. The Morgan fingerprint density at radius 2 is 1.38 bits per heavy atom. The van der Waals surface area contributed by atoms with Crippen molar-refractivity contribution in [2.24, 2.45) is 0 Å². The third-order valence-electron chi connectivity index (χ3n) is 5.98. The van der Waals surface area contributed by atoms with Crippen molar-refractivity contribution in [2.45, 2.75) is 50.2 Å². The van der Waals surface area contributed by atoms with E-state index in [1.165, 1.54) is 0 Å². The molecule has 0 aromatic heterocycles. The monoisotopic (exact) mass is 351 g/mol. The molecule has 26 heavy (non-hydrogen) atoms. The summed E-state index contributed by atoms with van der Waals surface area (Å²) in [4.78, 5) is 15.7. The van der Waals surface area contributed by atoms with Gasteiger partial charge in [0.1, 0.15) is 0 Å². The summed E-state index contributed by atoms with van der Waals surface area (Å²) < 4.78 is 5.48. The average molecular weight is 351 g/mol. The number of carbonyl (C=O) groups is 1. The van der Waals surface area contributed by atoms with Crippen LogP contribution in [0, 0.1) is 0 Å². The zero-order chi connectivity index (χ0) is 18.6. The molecular formula is C23H29NO2. The van der Waals surface area contributed by atoms with Crippen LogP contribution < -0.4 is 0 Å². The number of amides is 1. The summed E-state index contributed by atoms with van der Waals surface area (Å²) in [7, 11) is 3.74. The topological polar surface area (TPSA) is 29.5 Å². The Balaban J connectivity index is 1.91. The maximum atomic E-state index is 13.7. The van der Waals surface area contributed by atoms with Gasteiger partial charge in [-0.25, -0.2) is 0 Å². The second-order valence-corrected chi connectivity index (χ2v) is 7.44. The Hall–Kier alpha value is -2.13. The predicted octanol–water partition coefficient (Wildman–Crippen LogP) is 4.41. The predicted molar refractivity (Wildman–Crippen MR) is 105 cm³/mol. The van der Waals surface area contributed by atoms with Crippen molar-refractivity contribution < 1.29 is 9.53 Å². The number of rotatable bonds is 5. The van der Waals surface area contributed by atoms with Gasteiger partial charge in [0.15, 0.2) is 0 Å². The minimum absolute atomic E-state index is 0.163. The van der Waals surface area contributed by atoms with Gasteiger partial charge in [-0.2, -0.15) is 0 Å². The summed E-state index contributed by atoms with van der Waals surface area (Å²) in [6.45, 7) is 2.05. The number of carbonyl (C=O) groups excluding carboxylic acids is 1. The Morgan fingerprint density at radius 3 is 1.81 bits per heavy atom. The highest BCUT2D eigenvalue weighted by Crippen LogP contribution is 2.35. The zero-order valence-electron chi connectivity index (χ0n) is 16.0. The second kappa shape index (κ2) is 8.05. The first-order chi connectivity index (χ1) is 12.6. The molecule has 1 saturated carbocycles. The summed E-state index contributed by atoms with van der Waals surface area (Å²) in [5.74, 6) is 0.163. The maximum absolute atomic E-state index is 13.7. The SMILES string of the molecule is COC1CCC(N(C)C(=O)C(C)(c2ccccc2)c2ccccc2)CC1. The van der Waals surface area contributed by atoms with Crippen molar-refractivity contribution in [2.75, 3.05) is 14.2 Å². The van der Waals surface area contributed by atoms with Crippen LogP contribution in [0.4, 0.5) is 0 Å². The fourth-order valence-electron chi connectivity index (χ4n) is 4.14. The quantitative estimate of drug-likeness (QED) is 0.799. The molecule has 138 valence electrons. The third kappa shape index (κ3) is 3.54. The molecule has 1 aliphatic carbocycles. The van der Waals surface area contributed by atoms with E-state index in [4.69, 9.17) is 4.74 Å². The lowest BCUT2D eigenvalue weighted by molar-refractivity contribution is -0.137. The van der Waals surface area contributed by atoms with Crippen LogP contribution in [-0.2, 0) is 14.9 Å². The molecule has 0 bridgehead atoms. The van der Waals surface area contributed by atoms with Crippen LogP contribution in [0.2, 0.25) is 0 Å². The summed E-state index contributed by atoms with van der Waals surface area (Å²) in [6, 6.07) is 20.5. The van der Waals surface area contributed by atoms with Crippen molar-refractivity contribution >= 4 is 5.91 Å². The highest BCUT2D eigenvalue weighted by Gasteiger charge is 2.41. The summed E-state index contributed by atoms with van der Waals surface area (Å²) >= 11 is 0. The normalized spacial score (nSPS) is 20.6. The van der Waals surface area contributed by atoms with E-state index in [0.717, 1.165) is 36.8 Å². The molecule has 3 rings (SSSR count). The van der Waals surface area contributed by atoms with Gasteiger partial charge in [-0.3, -0.25) is 4.79 Å². The van der Waals surface area contributed by atoms with Gasteiger partial charge in [-0.15, -0.1) is 0 Å². The lowest BCUT2D eigenvalue weighted by Gasteiger charge is -2.40.